The van der Waals surface area contributed by atoms with Gasteiger partial charge in [-0.15, -0.1) is 0 Å². The summed E-state index contributed by atoms with van der Waals surface area (Å²) in [5.74, 6) is 2.69. The molecule has 4 rings (SSSR count). The standard InChI is InChI=1S/C19H28.C8H16N2O/c1-14-10-19(17-8-6-5-7-9-17)12-16(15(14)2)11-18(3,4)13-19;1-8(2)5-10(6-11)4-3-7(8)9/h5-9,14-16H,10-13H2,1-4H3;6-7H,3-5,9H2,1-2H3. The molecule has 2 aliphatic carbocycles. The van der Waals surface area contributed by atoms with Crippen molar-refractivity contribution in [3.05, 3.63) is 35.9 Å². The van der Waals surface area contributed by atoms with Crippen molar-refractivity contribution < 1.29 is 4.79 Å². The number of likely N-dealkylation sites (tertiary alicyclic amines) is 1. The van der Waals surface area contributed by atoms with E-state index in [-0.39, 0.29) is 11.5 Å². The molecule has 5 atom stereocenters. The molecule has 1 saturated heterocycles. The lowest BCUT2D eigenvalue weighted by molar-refractivity contribution is -0.121. The average molecular weight is 413 g/mol. The lowest BCUT2D eigenvalue weighted by Crippen LogP contribution is -2.51. The van der Waals surface area contributed by atoms with E-state index in [0.29, 0.717) is 10.8 Å². The Morgan fingerprint density at radius 2 is 1.70 bits per heavy atom. The van der Waals surface area contributed by atoms with E-state index in [1.54, 1.807) is 10.5 Å². The molecule has 2 N–H and O–H groups in total. The van der Waals surface area contributed by atoms with Gasteiger partial charge >= 0.3 is 0 Å². The zero-order valence-corrected chi connectivity index (χ0v) is 20.2. The van der Waals surface area contributed by atoms with Crippen LogP contribution in [0.25, 0.3) is 0 Å². The molecule has 1 heterocycles. The van der Waals surface area contributed by atoms with Gasteiger partial charge in [-0.05, 0) is 71.7 Å². The number of piperidine rings is 1. The van der Waals surface area contributed by atoms with Gasteiger partial charge in [0.05, 0.1) is 0 Å². The number of fused-ring (bicyclic) bond motifs is 2. The molecular weight excluding hydrogens is 368 g/mol. The van der Waals surface area contributed by atoms with Crippen LogP contribution in [0.3, 0.4) is 0 Å². The molecule has 1 amide bonds. The van der Waals surface area contributed by atoms with Crippen molar-refractivity contribution in [3.63, 3.8) is 0 Å². The molecule has 1 aromatic rings. The van der Waals surface area contributed by atoms with Gasteiger partial charge in [0.2, 0.25) is 6.41 Å². The molecule has 0 spiro atoms. The van der Waals surface area contributed by atoms with E-state index >= 15 is 0 Å². The summed E-state index contributed by atoms with van der Waals surface area (Å²) in [5, 5.41) is 0. The maximum absolute atomic E-state index is 10.4. The zero-order valence-electron chi connectivity index (χ0n) is 20.2. The maximum atomic E-state index is 10.4. The van der Waals surface area contributed by atoms with Crippen molar-refractivity contribution >= 4 is 6.41 Å². The van der Waals surface area contributed by atoms with Gasteiger partial charge in [0.15, 0.2) is 0 Å². The van der Waals surface area contributed by atoms with Gasteiger partial charge in [-0.1, -0.05) is 71.9 Å². The highest BCUT2D eigenvalue weighted by Crippen LogP contribution is 2.59. The fraction of sp³-hybridized carbons (Fsp3) is 0.741. The van der Waals surface area contributed by atoms with Crippen LogP contribution < -0.4 is 5.73 Å². The van der Waals surface area contributed by atoms with Gasteiger partial charge in [-0.25, -0.2) is 0 Å². The third-order valence-corrected chi connectivity index (χ3v) is 8.52. The predicted octanol–water partition coefficient (Wildman–Crippen LogP) is 5.63. The number of amides is 1. The first-order valence-electron chi connectivity index (χ1n) is 12.0. The molecule has 168 valence electrons. The quantitative estimate of drug-likeness (QED) is 0.640. The predicted molar refractivity (Wildman–Crippen MR) is 126 cm³/mol. The number of hydrogen-bond donors (Lipinski definition) is 1. The van der Waals surface area contributed by atoms with Gasteiger partial charge in [-0.2, -0.15) is 0 Å². The van der Waals surface area contributed by atoms with Crippen molar-refractivity contribution in [3.8, 4) is 0 Å². The summed E-state index contributed by atoms with van der Waals surface area (Å²) in [5.41, 5.74) is 8.54. The van der Waals surface area contributed by atoms with Gasteiger partial charge in [-0.3, -0.25) is 4.79 Å². The Balaban J connectivity index is 0.000000199. The van der Waals surface area contributed by atoms with Crippen LogP contribution in [0.15, 0.2) is 30.3 Å². The monoisotopic (exact) mass is 412 g/mol. The second-order valence-corrected chi connectivity index (χ2v) is 12.2. The van der Waals surface area contributed by atoms with Crippen LogP contribution in [-0.2, 0) is 10.2 Å². The number of nitrogens with zero attached hydrogens (tertiary/aromatic N) is 1. The lowest BCUT2D eigenvalue weighted by Gasteiger charge is -2.56. The van der Waals surface area contributed by atoms with Crippen LogP contribution in [0, 0.1) is 28.6 Å². The second kappa shape index (κ2) is 8.65. The van der Waals surface area contributed by atoms with Crippen LogP contribution in [-0.4, -0.2) is 30.4 Å². The number of carbonyl (C=O) groups excluding carboxylic acids is 1. The van der Waals surface area contributed by atoms with Crippen molar-refractivity contribution in [2.24, 2.45) is 34.3 Å². The molecule has 2 saturated carbocycles. The minimum absolute atomic E-state index is 0.0825. The molecule has 3 aliphatic rings. The van der Waals surface area contributed by atoms with Crippen LogP contribution >= 0.6 is 0 Å². The van der Waals surface area contributed by atoms with E-state index < -0.39 is 0 Å². The summed E-state index contributed by atoms with van der Waals surface area (Å²) in [6.07, 6.45) is 7.44. The maximum Gasteiger partial charge on any atom is 0.209 e. The molecule has 5 unspecified atom stereocenters. The average Bonchev–Trinajstić information content (AvgIpc) is 2.68. The summed E-state index contributed by atoms with van der Waals surface area (Å²) in [7, 11) is 0. The smallest absolute Gasteiger partial charge is 0.209 e. The molecule has 30 heavy (non-hydrogen) atoms. The molecule has 0 radical (unpaired) electrons. The number of hydrogen-bond acceptors (Lipinski definition) is 2. The third kappa shape index (κ3) is 4.93. The first kappa shape index (κ1) is 23.3. The normalized spacial score (nSPS) is 37.0. The fourth-order valence-corrected chi connectivity index (χ4v) is 6.77. The minimum Gasteiger partial charge on any atom is -0.345 e. The summed E-state index contributed by atoms with van der Waals surface area (Å²) in [6.45, 7) is 15.8. The van der Waals surface area contributed by atoms with Crippen LogP contribution in [0.4, 0.5) is 0 Å². The van der Waals surface area contributed by atoms with Gasteiger partial charge < -0.3 is 10.6 Å². The van der Waals surface area contributed by atoms with E-state index in [2.05, 4.69) is 71.9 Å². The molecule has 3 fully saturated rings. The molecule has 3 heteroatoms. The van der Waals surface area contributed by atoms with Crippen molar-refractivity contribution in [2.45, 2.75) is 85.1 Å². The van der Waals surface area contributed by atoms with Gasteiger partial charge in [0.1, 0.15) is 0 Å². The summed E-state index contributed by atoms with van der Waals surface area (Å²) in [4.78, 5) is 12.2. The SMILES string of the molecule is CC1(C)CN(C=O)CCC1N.CC1CC2(c3ccccc3)CC(CC(C)(C)C2)C1C. The van der Waals surface area contributed by atoms with Crippen molar-refractivity contribution in [2.75, 3.05) is 13.1 Å². The molecule has 1 aliphatic heterocycles. The van der Waals surface area contributed by atoms with Gasteiger partial charge in [0.25, 0.3) is 0 Å². The van der Waals surface area contributed by atoms with E-state index in [4.69, 9.17) is 5.73 Å². The minimum atomic E-state index is 0.0825. The van der Waals surface area contributed by atoms with E-state index in [1.165, 1.54) is 25.7 Å². The van der Waals surface area contributed by atoms with Gasteiger partial charge in [0, 0.05) is 19.1 Å². The molecule has 3 nitrogen and oxygen atoms in total. The first-order chi connectivity index (χ1) is 14.0. The highest BCUT2D eigenvalue weighted by molar-refractivity contribution is 5.47. The summed E-state index contributed by atoms with van der Waals surface area (Å²) in [6, 6.07) is 11.6. The highest BCUT2D eigenvalue weighted by atomic mass is 16.1. The topological polar surface area (TPSA) is 46.3 Å². The third-order valence-electron chi connectivity index (χ3n) is 8.52. The Hall–Kier alpha value is -1.35. The number of benzene rings is 1. The second-order valence-electron chi connectivity index (χ2n) is 12.2. The Labute approximate surface area is 184 Å². The van der Waals surface area contributed by atoms with Crippen LogP contribution in [0.5, 0.6) is 0 Å². The Morgan fingerprint density at radius 1 is 1.03 bits per heavy atom. The Bertz CT molecular complexity index is 709. The summed E-state index contributed by atoms with van der Waals surface area (Å²) >= 11 is 0. The largest absolute Gasteiger partial charge is 0.345 e. The molecule has 1 aromatic carbocycles. The van der Waals surface area contributed by atoms with E-state index in [9.17, 15) is 4.79 Å². The lowest BCUT2D eigenvalue weighted by atomic mass is 9.48. The number of carbonyl (C=O) groups is 1. The Kier molecular flexibility index (Phi) is 6.72. The first-order valence-corrected chi connectivity index (χ1v) is 12.0. The summed E-state index contributed by atoms with van der Waals surface area (Å²) < 4.78 is 0. The molecule has 0 aromatic heterocycles. The fourth-order valence-electron chi connectivity index (χ4n) is 6.77. The molecule has 2 bridgehead atoms. The Morgan fingerprint density at radius 3 is 2.30 bits per heavy atom. The van der Waals surface area contributed by atoms with E-state index in [1.807, 2.05) is 0 Å². The zero-order chi connectivity index (χ0) is 22.2. The van der Waals surface area contributed by atoms with Crippen molar-refractivity contribution in [1.29, 1.82) is 0 Å². The highest BCUT2D eigenvalue weighted by Gasteiger charge is 2.51. The van der Waals surface area contributed by atoms with Crippen molar-refractivity contribution in [1.82, 2.24) is 4.90 Å². The molecular formula is C27H44N2O. The number of rotatable bonds is 2. The number of nitrogens with two attached hydrogens (primary N) is 1. The van der Waals surface area contributed by atoms with Crippen LogP contribution in [0.1, 0.15) is 79.2 Å². The van der Waals surface area contributed by atoms with Crippen LogP contribution in [0.2, 0.25) is 0 Å². The van der Waals surface area contributed by atoms with E-state index in [0.717, 1.165) is 43.7 Å².